The van der Waals surface area contributed by atoms with Gasteiger partial charge in [0, 0.05) is 22.5 Å². The minimum atomic E-state index is -0.366. The van der Waals surface area contributed by atoms with Gasteiger partial charge in [0.2, 0.25) is 0 Å². The first-order valence-electron chi connectivity index (χ1n) is 6.81. The Bertz CT molecular complexity index is 792. The van der Waals surface area contributed by atoms with Gasteiger partial charge in [0.05, 0.1) is 5.69 Å². The summed E-state index contributed by atoms with van der Waals surface area (Å²) in [4.78, 5) is 12.0. The van der Waals surface area contributed by atoms with Crippen LogP contribution in [0.5, 0.6) is 0 Å². The van der Waals surface area contributed by atoms with Crippen LogP contribution in [0.25, 0.3) is 11.3 Å². The number of nitrogens with one attached hydrogen (secondary N) is 2. The molecule has 0 radical (unpaired) electrons. The monoisotopic (exact) mass is 295 g/mol. The number of aromatic amines is 1. The number of rotatable bonds is 3. The number of benzene rings is 2. The first-order chi connectivity index (χ1) is 10.6. The van der Waals surface area contributed by atoms with Crippen LogP contribution in [0.1, 0.15) is 16.1 Å². The van der Waals surface area contributed by atoms with Crippen LogP contribution in [0.4, 0.5) is 10.1 Å². The molecule has 5 heteroatoms. The molecule has 0 aliphatic rings. The minimum Gasteiger partial charge on any atom is -0.322 e. The number of aryl methyl sites for hydroxylation is 1. The molecular weight excluding hydrogens is 281 g/mol. The molecule has 0 saturated carbocycles. The smallest absolute Gasteiger partial charge is 0.255 e. The van der Waals surface area contributed by atoms with E-state index in [1.54, 1.807) is 12.1 Å². The number of nitrogens with zero attached hydrogens (tertiary/aromatic N) is 1. The maximum absolute atomic E-state index is 12.8. The summed E-state index contributed by atoms with van der Waals surface area (Å²) in [5.41, 5.74) is 3.89. The number of carbonyl (C=O) groups is 1. The van der Waals surface area contributed by atoms with Gasteiger partial charge >= 0.3 is 0 Å². The summed E-state index contributed by atoms with van der Waals surface area (Å²) in [5, 5.41) is 9.85. The van der Waals surface area contributed by atoms with Gasteiger partial charge < -0.3 is 5.32 Å². The predicted octanol–water partition coefficient (Wildman–Crippen LogP) is 3.78. The van der Waals surface area contributed by atoms with Crippen molar-refractivity contribution in [2.45, 2.75) is 6.92 Å². The normalized spacial score (nSPS) is 10.5. The van der Waals surface area contributed by atoms with Crippen molar-refractivity contribution in [2.75, 3.05) is 5.32 Å². The molecule has 2 N–H and O–H groups in total. The predicted molar refractivity (Wildman–Crippen MR) is 83.1 cm³/mol. The quantitative estimate of drug-likeness (QED) is 0.772. The van der Waals surface area contributed by atoms with Crippen molar-refractivity contribution >= 4 is 11.6 Å². The zero-order chi connectivity index (χ0) is 15.5. The maximum atomic E-state index is 12.8. The fourth-order valence-electron chi connectivity index (χ4n) is 2.09. The van der Waals surface area contributed by atoms with Gasteiger partial charge in [-0.05, 0) is 49.4 Å². The van der Waals surface area contributed by atoms with E-state index in [4.69, 9.17) is 0 Å². The molecule has 3 aromatic rings. The third-order valence-electron chi connectivity index (χ3n) is 3.25. The number of anilines is 1. The van der Waals surface area contributed by atoms with Gasteiger partial charge in [-0.1, -0.05) is 12.1 Å². The van der Waals surface area contributed by atoms with Gasteiger partial charge in [-0.3, -0.25) is 9.89 Å². The Morgan fingerprint density at radius 2 is 1.77 bits per heavy atom. The average molecular weight is 295 g/mol. The highest BCUT2D eigenvalue weighted by Gasteiger charge is 2.07. The van der Waals surface area contributed by atoms with Crippen LogP contribution in [-0.4, -0.2) is 16.1 Å². The Labute approximate surface area is 127 Å². The molecule has 4 nitrogen and oxygen atoms in total. The Morgan fingerprint density at radius 3 is 2.36 bits per heavy atom. The van der Waals surface area contributed by atoms with Crippen LogP contribution in [0.3, 0.4) is 0 Å². The van der Waals surface area contributed by atoms with Crippen LogP contribution in [-0.2, 0) is 0 Å². The largest absolute Gasteiger partial charge is 0.322 e. The van der Waals surface area contributed by atoms with Gasteiger partial charge in [0.15, 0.2) is 0 Å². The summed E-state index contributed by atoms with van der Waals surface area (Å²) in [5.74, 6) is -0.640. The summed E-state index contributed by atoms with van der Waals surface area (Å²) in [7, 11) is 0. The van der Waals surface area contributed by atoms with Gasteiger partial charge in [0.25, 0.3) is 5.91 Å². The molecule has 0 saturated heterocycles. The number of aromatic nitrogens is 2. The molecular formula is C17H14FN3O. The van der Waals surface area contributed by atoms with E-state index in [0.717, 1.165) is 17.0 Å². The molecule has 1 aromatic heterocycles. The van der Waals surface area contributed by atoms with Gasteiger partial charge in [-0.2, -0.15) is 5.10 Å². The van der Waals surface area contributed by atoms with Gasteiger partial charge in [0.1, 0.15) is 5.82 Å². The van der Waals surface area contributed by atoms with E-state index in [1.807, 2.05) is 25.1 Å². The van der Waals surface area contributed by atoms with E-state index in [-0.39, 0.29) is 11.7 Å². The fourth-order valence-corrected chi connectivity index (χ4v) is 2.09. The molecule has 0 aliphatic heterocycles. The minimum absolute atomic E-state index is 0.275. The molecule has 110 valence electrons. The summed E-state index contributed by atoms with van der Waals surface area (Å²) in [6, 6.07) is 14.8. The van der Waals surface area contributed by atoms with Crippen LogP contribution in [0.2, 0.25) is 0 Å². The summed E-state index contributed by atoms with van der Waals surface area (Å²) in [6.45, 7) is 1.94. The number of halogens is 1. The second-order valence-electron chi connectivity index (χ2n) is 4.97. The molecule has 0 unspecified atom stereocenters. The lowest BCUT2D eigenvalue weighted by atomic mass is 10.1. The van der Waals surface area contributed by atoms with Crippen molar-refractivity contribution in [3.63, 3.8) is 0 Å². The fraction of sp³-hybridized carbons (Fsp3) is 0.0588. The highest BCUT2D eigenvalue weighted by atomic mass is 19.1. The molecule has 1 heterocycles. The summed E-state index contributed by atoms with van der Waals surface area (Å²) in [6.07, 6.45) is 0. The lowest BCUT2D eigenvalue weighted by molar-refractivity contribution is 0.102. The highest BCUT2D eigenvalue weighted by Crippen LogP contribution is 2.20. The number of carbonyl (C=O) groups excluding carboxylic acids is 1. The van der Waals surface area contributed by atoms with E-state index >= 15 is 0 Å². The number of H-pyrrole nitrogens is 1. The van der Waals surface area contributed by atoms with Crippen LogP contribution < -0.4 is 5.32 Å². The topological polar surface area (TPSA) is 57.8 Å². The Hall–Kier alpha value is -2.95. The molecule has 22 heavy (non-hydrogen) atoms. The molecule has 2 aromatic carbocycles. The van der Waals surface area contributed by atoms with Crippen molar-refractivity contribution in [3.8, 4) is 11.3 Å². The first-order valence-corrected chi connectivity index (χ1v) is 6.81. The number of hydrogen-bond acceptors (Lipinski definition) is 2. The third kappa shape index (κ3) is 3.03. The zero-order valence-electron chi connectivity index (χ0n) is 11.9. The molecule has 0 atom stereocenters. The molecule has 0 bridgehead atoms. The zero-order valence-corrected chi connectivity index (χ0v) is 11.9. The van der Waals surface area contributed by atoms with Crippen LogP contribution in [0.15, 0.2) is 54.6 Å². The molecule has 0 spiro atoms. The average Bonchev–Trinajstić information content (AvgIpc) is 2.95. The van der Waals surface area contributed by atoms with Crippen LogP contribution in [0, 0.1) is 12.7 Å². The number of amides is 1. The van der Waals surface area contributed by atoms with E-state index in [1.165, 1.54) is 24.3 Å². The second-order valence-corrected chi connectivity index (χ2v) is 4.97. The standard InChI is InChI=1S/C17H14FN3O/c1-11-10-16(21-20-11)12-4-8-15(9-5-12)19-17(22)13-2-6-14(18)7-3-13/h2-10H,1H3,(H,19,22)(H,20,21). The SMILES string of the molecule is Cc1cc(-c2ccc(NC(=O)c3ccc(F)cc3)cc2)n[nH]1. The number of hydrogen-bond donors (Lipinski definition) is 2. The second kappa shape index (κ2) is 5.81. The molecule has 3 rings (SSSR count). The summed E-state index contributed by atoms with van der Waals surface area (Å²) < 4.78 is 12.8. The van der Waals surface area contributed by atoms with Crippen molar-refractivity contribution in [2.24, 2.45) is 0 Å². The van der Waals surface area contributed by atoms with Crippen molar-refractivity contribution in [3.05, 3.63) is 71.7 Å². The van der Waals surface area contributed by atoms with Crippen molar-refractivity contribution in [1.82, 2.24) is 10.2 Å². The molecule has 1 amide bonds. The molecule has 0 fully saturated rings. The van der Waals surface area contributed by atoms with Crippen LogP contribution >= 0.6 is 0 Å². The van der Waals surface area contributed by atoms with Gasteiger partial charge in [-0.25, -0.2) is 4.39 Å². The molecule has 0 aliphatic carbocycles. The van der Waals surface area contributed by atoms with Crippen molar-refractivity contribution < 1.29 is 9.18 Å². The Morgan fingerprint density at radius 1 is 1.09 bits per heavy atom. The lowest BCUT2D eigenvalue weighted by Crippen LogP contribution is -2.11. The Balaban J connectivity index is 1.73. The van der Waals surface area contributed by atoms with E-state index in [9.17, 15) is 9.18 Å². The maximum Gasteiger partial charge on any atom is 0.255 e. The lowest BCUT2D eigenvalue weighted by Gasteiger charge is -2.06. The first kappa shape index (κ1) is 14.0. The summed E-state index contributed by atoms with van der Waals surface area (Å²) >= 11 is 0. The van der Waals surface area contributed by atoms with E-state index < -0.39 is 0 Å². The Kier molecular flexibility index (Phi) is 3.70. The van der Waals surface area contributed by atoms with Crippen molar-refractivity contribution in [1.29, 1.82) is 0 Å². The van der Waals surface area contributed by atoms with Gasteiger partial charge in [-0.15, -0.1) is 0 Å². The van der Waals surface area contributed by atoms with E-state index in [0.29, 0.717) is 11.3 Å². The highest BCUT2D eigenvalue weighted by molar-refractivity contribution is 6.04. The van der Waals surface area contributed by atoms with E-state index in [2.05, 4.69) is 15.5 Å². The third-order valence-corrected chi connectivity index (χ3v) is 3.25.